The molecule has 1 aliphatic rings. The predicted molar refractivity (Wildman–Crippen MR) is 72.8 cm³/mol. The Hall–Kier alpha value is -1.65. The Morgan fingerprint density at radius 1 is 1.30 bits per heavy atom. The van der Waals surface area contributed by atoms with E-state index in [4.69, 9.17) is 9.47 Å². The molecule has 0 N–H and O–H groups in total. The van der Waals surface area contributed by atoms with Crippen LogP contribution in [0.15, 0.2) is 12.7 Å². The van der Waals surface area contributed by atoms with E-state index in [1.807, 2.05) is 0 Å². The lowest BCUT2D eigenvalue weighted by atomic mass is 9.86. The quantitative estimate of drug-likeness (QED) is 0.405. The molecule has 2 atom stereocenters. The minimum Gasteiger partial charge on any atom is -0.465 e. The Morgan fingerprint density at radius 3 is 2.30 bits per heavy atom. The second-order valence-electron chi connectivity index (χ2n) is 4.80. The van der Waals surface area contributed by atoms with E-state index in [-0.39, 0.29) is 37.3 Å². The van der Waals surface area contributed by atoms with Crippen molar-refractivity contribution in [2.75, 3.05) is 13.2 Å². The van der Waals surface area contributed by atoms with Crippen molar-refractivity contribution in [2.24, 2.45) is 17.8 Å². The Labute approximate surface area is 119 Å². The first kappa shape index (κ1) is 16.4. The number of Topliss-reactive ketones (excluding diaryl/α,β-unsaturated/α-hetero) is 1. The molecular formula is C15H22O5. The molecule has 0 saturated heterocycles. The van der Waals surface area contributed by atoms with Crippen LogP contribution in [0.4, 0.5) is 0 Å². The largest absolute Gasteiger partial charge is 0.465 e. The highest BCUT2D eigenvalue weighted by atomic mass is 16.6. The molecule has 1 aliphatic carbocycles. The van der Waals surface area contributed by atoms with Crippen LogP contribution in [0, 0.1) is 17.8 Å². The standard InChI is InChI=1S/C15H22O5/c1-4-10-7-8-13(16)11(10)9-12(14(17)19-5-2)15(18)20-6-3/h4,10-12H,1,5-9H2,2-3H3/t10-,11+/m1/s1. The van der Waals surface area contributed by atoms with Crippen LogP contribution < -0.4 is 0 Å². The van der Waals surface area contributed by atoms with Gasteiger partial charge in [0.05, 0.1) is 13.2 Å². The van der Waals surface area contributed by atoms with Gasteiger partial charge >= 0.3 is 11.9 Å². The number of hydrogen-bond acceptors (Lipinski definition) is 5. The second kappa shape index (κ2) is 7.82. The fourth-order valence-electron chi connectivity index (χ4n) is 2.55. The zero-order valence-corrected chi connectivity index (χ0v) is 12.1. The van der Waals surface area contributed by atoms with Gasteiger partial charge in [0.15, 0.2) is 5.92 Å². The smallest absolute Gasteiger partial charge is 0.320 e. The maximum atomic E-state index is 11.9. The third-order valence-electron chi connectivity index (χ3n) is 3.59. The van der Waals surface area contributed by atoms with Gasteiger partial charge in [-0.2, -0.15) is 0 Å². The summed E-state index contributed by atoms with van der Waals surface area (Å²) in [6.07, 6.45) is 3.07. The van der Waals surface area contributed by atoms with Gasteiger partial charge in [-0.25, -0.2) is 0 Å². The summed E-state index contributed by atoms with van der Waals surface area (Å²) in [7, 11) is 0. The van der Waals surface area contributed by atoms with Crippen molar-refractivity contribution in [2.45, 2.75) is 33.1 Å². The molecule has 5 heteroatoms. The summed E-state index contributed by atoms with van der Waals surface area (Å²) in [6.45, 7) is 7.45. The minimum absolute atomic E-state index is 0.0221. The summed E-state index contributed by atoms with van der Waals surface area (Å²) < 4.78 is 9.82. The van der Waals surface area contributed by atoms with Gasteiger partial charge in [-0.1, -0.05) is 6.08 Å². The van der Waals surface area contributed by atoms with Crippen LogP contribution in [0.3, 0.4) is 0 Å². The van der Waals surface area contributed by atoms with E-state index in [0.717, 1.165) is 6.42 Å². The number of ether oxygens (including phenoxy) is 2. The number of rotatable bonds is 7. The van der Waals surface area contributed by atoms with Crippen LogP contribution in [-0.4, -0.2) is 30.9 Å². The van der Waals surface area contributed by atoms with Crippen molar-refractivity contribution in [3.8, 4) is 0 Å². The Morgan fingerprint density at radius 2 is 1.85 bits per heavy atom. The molecule has 0 aromatic rings. The summed E-state index contributed by atoms with van der Waals surface area (Å²) in [4.78, 5) is 35.7. The van der Waals surface area contributed by atoms with E-state index in [0.29, 0.717) is 6.42 Å². The highest BCUT2D eigenvalue weighted by Gasteiger charge is 2.40. The predicted octanol–water partition coefficient (Wildman–Crippen LogP) is 1.90. The number of carbonyl (C=O) groups is 3. The Kier molecular flexibility index (Phi) is 6.42. The van der Waals surface area contributed by atoms with Gasteiger partial charge in [0.2, 0.25) is 0 Å². The molecule has 0 aromatic heterocycles. The second-order valence-corrected chi connectivity index (χ2v) is 4.80. The summed E-state index contributed by atoms with van der Waals surface area (Å²) in [5, 5.41) is 0. The van der Waals surface area contributed by atoms with Crippen LogP contribution in [0.2, 0.25) is 0 Å². The molecule has 0 bridgehead atoms. The molecule has 0 amide bonds. The third-order valence-corrected chi connectivity index (χ3v) is 3.59. The van der Waals surface area contributed by atoms with Gasteiger partial charge in [0.25, 0.3) is 0 Å². The molecule has 1 saturated carbocycles. The molecule has 0 unspecified atom stereocenters. The van der Waals surface area contributed by atoms with Crippen molar-refractivity contribution >= 4 is 17.7 Å². The Balaban J connectivity index is 2.82. The molecule has 112 valence electrons. The van der Waals surface area contributed by atoms with Crippen LogP contribution in [0.25, 0.3) is 0 Å². The highest BCUT2D eigenvalue weighted by molar-refractivity contribution is 5.96. The molecule has 20 heavy (non-hydrogen) atoms. The van der Waals surface area contributed by atoms with Gasteiger partial charge in [-0.05, 0) is 32.6 Å². The summed E-state index contributed by atoms with van der Waals surface area (Å²) in [5.74, 6) is -2.50. The number of ketones is 1. The van der Waals surface area contributed by atoms with Gasteiger partial charge in [-0.15, -0.1) is 6.58 Å². The molecule has 0 spiro atoms. The molecule has 0 aromatic carbocycles. The number of esters is 2. The van der Waals surface area contributed by atoms with Crippen LogP contribution >= 0.6 is 0 Å². The fourth-order valence-corrected chi connectivity index (χ4v) is 2.55. The molecule has 5 nitrogen and oxygen atoms in total. The van der Waals surface area contributed by atoms with Crippen LogP contribution in [-0.2, 0) is 23.9 Å². The molecule has 0 heterocycles. The van der Waals surface area contributed by atoms with Crippen LogP contribution in [0.1, 0.15) is 33.1 Å². The molecule has 0 radical (unpaired) electrons. The van der Waals surface area contributed by atoms with E-state index in [9.17, 15) is 14.4 Å². The molecule has 1 rings (SSSR count). The van der Waals surface area contributed by atoms with Crippen molar-refractivity contribution < 1.29 is 23.9 Å². The Bertz CT molecular complexity index is 370. The number of carbonyl (C=O) groups excluding carboxylic acids is 3. The zero-order chi connectivity index (χ0) is 15.1. The van der Waals surface area contributed by atoms with Crippen LogP contribution in [0.5, 0.6) is 0 Å². The fraction of sp³-hybridized carbons (Fsp3) is 0.667. The van der Waals surface area contributed by atoms with Gasteiger partial charge in [-0.3, -0.25) is 14.4 Å². The van der Waals surface area contributed by atoms with Crippen molar-refractivity contribution in [1.82, 2.24) is 0 Å². The minimum atomic E-state index is -1.02. The summed E-state index contributed by atoms with van der Waals surface area (Å²) >= 11 is 0. The zero-order valence-electron chi connectivity index (χ0n) is 12.1. The van der Waals surface area contributed by atoms with E-state index in [1.165, 1.54) is 0 Å². The molecule has 0 aliphatic heterocycles. The lowest BCUT2D eigenvalue weighted by Crippen LogP contribution is -2.32. The lowest BCUT2D eigenvalue weighted by Gasteiger charge is -2.20. The average Bonchev–Trinajstić information content (AvgIpc) is 2.76. The lowest BCUT2D eigenvalue weighted by molar-refractivity contribution is -0.162. The normalized spacial score (nSPS) is 21.9. The average molecular weight is 282 g/mol. The van der Waals surface area contributed by atoms with E-state index in [2.05, 4.69) is 6.58 Å². The number of hydrogen-bond donors (Lipinski definition) is 0. The molecule has 1 fully saturated rings. The third kappa shape index (κ3) is 3.92. The number of allylic oxidation sites excluding steroid dienone is 1. The topological polar surface area (TPSA) is 69.7 Å². The van der Waals surface area contributed by atoms with Gasteiger partial charge in [0, 0.05) is 12.3 Å². The van der Waals surface area contributed by atoms with Gasteiger partial charge < -0.3 is 9.47 Å². The first-order valence-corrected chi connectivity index (χ1v) is 7.03. The van der Waals surface area contributed by atoms with E-state index < -0.39 is 17.9 Å². The van der Waals surface area contributed by atoms with E-state index in [1.54, 1.807) is 19.9 Å². The SMILES string of the molecule is C=C[C@@H]1CCC(=O)[C@H]1CC(C(=O)OCC)C(=O)OCC. The summed E-state index contributed by atoms with van der Waals surface area (Å²) in [6, 6.07) is 0. The first-order valence-electron chi connectivity index (χ1n) is 7.03. The van der Waals surface area contributed by atoms with Gasteiger partial charge in [0.1, 0.15) is 5.78 Å². The monoisotopic (exact) mass is 282 g/mol. The van der Waals surface area contributed by atoms with E-state index >= 15 is 0 Å². The van der Waals surface area contributed by atoms with Crippen molar-refractivity contribution in [3.05, 3.63) is 12.7 Å². The van der Waals surface area contributed by atoms with Crippen molar-refractivity contribution in [1.29, 1.82) is 0 Å². The molecular weight excluding hydrogens is 260 g/mol. The maximum Gasteiger partial charge on any atom is 0.320 e. The maximum absolute atomic E-state index is 11.9. The first-order chi connectivity index (χ1) is 9.54. The summed E-state index contributed by atoms with van der Waals surface area (Å²) in [5.41, 5.74) is 0. The highest BCUT2D eigenvalue weighted by Crippen LogP contribution is 2.34. The van der Waals surface area contributed by atoms with Crippen molar-refractivity contribution in [3.63, 3.8) is 0 Å².